The van der Waals surface area contributed by atoms with Crippen molar-refractivity contribution in [2.45, 2.75) is 51.0 Å². The molecule has 1 amide bonds. The predicted molar refractivity (Wildman–Crippen MR) is 110 cm³/mol. The van der Waals surface area contributed by atoms with Gasteiger partial charge in [0.25, 0.3) is 15.9 Å². The molecule has 1 atom stereocenters. The number of pyridine rings is 1. The van der Waals surface area contributed by atoms with Gasteiger partial charge in [-0.1, -0.05) is 32.0 Å². The second-order valence-corrected chi connectivity index (χ2v) is 9.69. The Labute approximate surface area is 167 Å². The molecule has 2 heterocycles. The molecule has 1 saturated heterocycles. The summed E-state index contributed by atoms with van der Waals surface area (Å²) in [6.45, 7) is 9.20. The normalized spacial score (nSPS) is 18.9. The van der Waals surface area contributed by atoms with Crippen LogP contribution >= 0.6 is 0 Å². The maximum atomic E-state index is 12.9. The molecule has 0 unspecified atom stereocenters. The minimum absolute atomic E-state index is 0.0539. The molecule has 0 saturated carbocycles. The van der Waals surface area contributed by atoms with E-state index in [1.165, 1.54) is 12.1 Å². The van der Waals surface area contributed by atoms with Crippen LogP contribution in [0.3, 0.4) is 0 Å². The Morgan fingerprint density at radius 3 is 2.46 bits per heavy atom. The zero-order valence-electron chi connectivity index (χ0n) is 16.8. The van der Waals surface area contributed by atoms with Gasteiger partial charge in [0.1, 0.15) is 5.82 Å². The van der Waals surface area contributed by atoms with Gasteiger partial charge in [-0.15, -0.1) is 0 Å². The van der Waals surface area contributed by atoms with Crippen LogP contribution < -0.4 is 9.62 Å². The van der Waals surface area contributed by atoms with E-state index in [1.54, 1.807) is 30.3 Å². The highest BCUT2D eigenvalue weighted by molar-refractivity contribution is 7.90. The molecule has 1 aromatic carbocycles. The summed E-state index contributed by atoms with van der Waals surface area (Å²) in [6.07, 6.45) is 1.72. The number of carbonyl (C=O) groups is 1. The molecule has 1 aliphatic heterocycles. The predicted octanol–water partition coefficient (Wildman–Crippen LogP) is 3.39. The Morgan fingerprint density at radius 2 is 1.89 bits per heavy atom. The molecule has 1 aromatic heterocycles. The number of sulfonamides is 1. The molecule has 1 fully saturated rings. The van der Waals surface area contributed by atoms with Gasteiger partial charge in [0.15, 0.2) is 0 Å². The number of nitrogens with one attached hydrogen (secondary N) is 1. The molecule has 1 N–H and O–H groups in total. The van der Waals surface area contributed by atoms with E-state index in [1.807, 2.05) is 6.92 Å². The van der Waals surface area contributed by atoms with Gasteiger partial charge in [-0.05, 0) is 56.9 Å². The molecule has 7 heteroatoms. The lowest BCUT2D eigenvalue weighted by Gasteiger charge is -2.34. The SMILES string of the molecule is CCc1ccc(C(=O)NS(=O)(=O)c2ccccc2)c(N2C[C@@H](C)CC2(C)C)n1. The number of rotatable bonds is 5. The highest BCUT2D eigenvalue weighted by Crippen LogP contribution is 2.37. The summed E-state index contributed by atoms with van der Waals surface area (Å²) >= 11 is 0. The second-order valence-electron chi connectivity index (χ2n) is 8.01. The third kappa shape index (κ3) is 4.04. The van der Waals surface area contributed by atoms with Crippen LogP contribution in [0.15, 0.2) is 47.4 Å². The standard InChI is InChI=1S/C21H27N3O3S/c1-5-16-11-12-18(19(22-16)24-14-15(2)13-21(24,3)4)20(25)23-28(26,27)17-9-7-6-8-10-17/h6-12,15H,5,13-14H2,1-4H3,(H,23,25)/t15-/m0/s1. The topological polar surface area (TPSA) is 79.4 Å². The van der Waals surface area contributed by atoms with E-state index in [0.29, 0.717) is 11.7 Å². The summed E-state index contributed by atoms with van der Waals surface area (Å²) in [6, 6.07) is 11.3. The molecular formula is C21H27N3O3S. The quantitative estimate of drug-likeness (QED) is 0.831. The molecular weight excluding hydrogens is 374 g/mol. The van der Waals surface area contributed by atoms with Crippen molar-refractivity contribution < 1.29 is 13.2 Å². The smallest absolute Gasteiger partial charge is 0.268 e. The van der Waals surface area contributed by atoms with E-state index < -0.39 is 15.9 Å². The van der Waals surface area contributed by atoms with Crippen LogP contribution in [0.1, 0.15) is 50.2 Å². The van der Waals surface area contributed by atoms with Crippen molar-refractivity contribution in [1.82, 2.24) is 9.71 Å². The van der Waals surface area contributed by atoms with Gasteiger partial charge in [0, 0.05) is 17.8 Å². The lowest BCUT2D eigenvalue weighted by atomic mass is 9.97. The van der Waals surface area contributed by atoms with Gasteiger partial charge in [-0.3, -0.25) is 4.79 Å². The number of benzene rings is 1. The fourth-order valence-electron chi connectivity index (χ4n) is 3.86. The summed E-state index contributed by atoms with van der Waals surface area (Å²) in [5.41, 5.74) is 0.984. The van der Waals surface area contributed by atoms with Gasteiger partial charge in [0.2, 0.25) is 0 Å². The summed E-state index contributed by atoms with van der Waals surface area (Å²) < 4.78 is 27.4. The number of carbonyl (C=O) groups excluding carboxylic acids is 1. The van der Waals surface area contributed by atoms with Crippen molar-refractivity contribution in [1.29, 1.82) is 0 Å². The first-order valence-electron chi connectivity index (χ1n) is 9.54. The number of anilines is 1. The van der Waals surface area contributed by atoms with Crippen molar-refractivity contribution in [2.75, 3.05) is 11.4 Å². The molecule has 0 radical (unpaired) electrons. The molecule has 0 aliphatic carbocycles. The van der Waals surface area contributed by atoms with Crippen LogP contribution in [0.4, 0.5) is 5.82 Å². The maximum absolute atomic E-state index is 12.9. The van der Waals surface area contributed by atoms with Crippen molar-refractivity contribution >= 4 is 21.7 Å². The number of hydrogen-bond acceptors (Lipinski definition) is 5. The van der Waals surface area contributed by atoms with E-state index in [2.05, 4.69) is 30.4 Å². The average Bonchev–Trinajstić information content (AvgIpc) is 2.93. The first-order valence-corrected chi connectivity index (χ1v) is 11.0. The van der Waals surface area contributed by atoms with Gasteiger partial charge >= 0.3 is 0 Å². The number of aryl methyl sites for hydroxylation is 1. The maximum Gasteiger partial charge on any atom is 0.268 e. The average molecular weight is 402 g/mol. The Hall–Kier alpha value is -2.41. The van der Waals surface area contributed by atoms with E-state index in [0.717, 1.165) is 25.1 Å². The zero-order chi connectivity index (χ0) is 20.5. The van der Waals surface area contributed by atoms with Crippen molar-refractivity contribution in [3.63, 3.8) is 0 Å². The van der Waals surface area contributed by atoms with Crippen LogP contribution in [-0.4, -0.2) is 31.4 Å². The van der Waals surface area contributed by atoms with Crippen LogP contribution in [0.2, 0.25) is 0 Å². The number of hydrogen-bond donors (Lipinski definition) is 1. The van der Waals surface area contributed by atoms with Gasteiger partial charge < -0.3 is 4.90 Å². The zero-order valence-corrected chi connectivity index (χ0v) is 17.6. The Bertz CT molecular complexity index is 972. The lowest BCUT2D eigenvalue weighted by Crippen LogP contribution is -2.41. The molecule has 28 heavy (non-hydrogen) atoms. The third-order valence-corrected chi connectivity index (χ3v) is 6.50. The minimum Gasteiger partial charge on any atom is -0.351 e. The molecule has 150 valence electrons. The van der Waals surface area contributed by atoms with Crippen LogP contribution in [0.25, 0.3) is 0 Å². The third-order valence-electron chi connectivity index (χ3n) is 5.15. The van der Waals surface area contributed by atoms with Crippen molar-refractivity contribution in [3.05, 3.63) is 53.7 Å². The van der Waals surface area contributed by atoms with Crippen molar-refractivity contribution in [3.8, 4) is 0 Å². The number of nitrogens with zero attached hydrogens (tertiary/aromatic N) is 2. The lowest BCUT2D eigenvalue weighted by molar-refractivity contribution is 0.0981. The number of aromatic nitrogens is 1. The molecule has 2 aromatic rings. The first kappa shape index (κ1) is 20.3. The van der Waals surface area contributed by atoms with Crippen LogP contribution in [0, 0.1) is 5.92 Å². The first-order chi connectivity index (χ1) is 13.1. The van der Waals surface area contributed by atoms with Gasteiger partial charge in [-0.25, -0.2) is 18.1 Å². The van der Waals surface area contributed by atoms with E-state index in [9.17, 15) is 13.2 Å². The van der Waals surface area contributed by atoms with E-state index in [4.69, 9.17) is 4.98 Å². The molecule has 1 aliphatic rings. The monoisotopic (exact) mass is 401 g/mol. The summed E-state index contributed by atoms with van der Waals surface area (Å²) in [4.78, 5) is 19.8. The summed E-state index contributed by atoms with van der Waals surface area (Å²) in [7, 11) is -3.95. The summed E-state index contributed by atoms with van der Waals surface area (Å²) in [5, 5.41) is 0. The van der Waals surface area contributed by atoms with Crippen molar-refractivity contribution in [2.24, 2.45) is 5.92 Å². The molecule has 3 rings (SSSR count). The van der Waals surface area contributed by atoms with E-state index >= 15 is 0 Å². The van der Waals surface area contributed by atoms with Gasteiger partial charge in [0.05, 0.1) is 10.5 Å². The number of amides is 1. The Morgan fingerprint density at radius 1 is 1.21 bits per heavy atom. The fraction of sp³-hybridized carbons (Fsp3) is 0.429. The summed E-state index contributed by atoms with van der Waals surface area (Å²) in [5.74, 6) is 0.352. The highest BCUT2D eigenvalue weighted by Gasteiger charge is 2.39. The molecule has 0 spiro atoms. The minimum atomic E-state index is -3.95. The Kier molecular flexibility index (Phi) is 5.48. The van der Waals surface area contributed by atoms with Crippen LogP contribution in [-0.2, 0) is 16.4 Å². The van der Waals surface area contributed by atoms with Gasteiger partial charge in [-0.2, -0.15) is 0 Å². The molecule has 0 bridgehead atoms. The fourth-order valence-corrected chi connectivity index (χ4v) is 4.85. The second kappa shape index (κ2) is 7.54. The Balaban J connectivity index is 1.99. The highest BCUT2D eigenvalue weighted by atomic mass is 32.2. The van der Waals surface area contributed by atoms with Crippen LogP contribution in [0.5, 0.6) is 0 Å². The molecule has 6 nitrogen and oxygen atoms in total. The van der Waals surface area contributed by atoms with E-state index in [-0.39, 0.29) is 16.0 Å². The largest absolute Gasteiger partial charge is 0.351 e.